The Morgan fingerprint density at radius 3 is 1.83 bits per heavy atom. The van der Waals surface area contributed by atoms with Crippen molar-refractivity contribution in [2.75, 3.05) is 52.6 Å². The minimum absolute atomic E-state index is 0.191. The van der Waals surface area contributed by atoms with Gasteiger partial charge in [-0.05, 0) is 135 Å². The van der Waals surface area contributed by atoms with Crippen LogP contribution in [0.4, 0.5) is 9.59 Å². The van der Waals surface area contributed by atoms with E-state index in [2.05, 4.69) is 80.1 Å². The maximum Gasteiger partial charge on any atom is 0.408 e. The number of nitrogens with one attached hydrogen (secondary N) is 2. The zero-order valence-electron chi connectivity index (χ0n) is 38.5. The Balaban J connectivity index is 1.02. The summed E-state index contributed by atoms with van der Waals surface area (Å²) in [7, 11) is 0. The van der Waals surface area contributed by atoms with E-state index < -0.39 is 17.2 Å². The Kier molecular flexibility index (Phi) is 18.8. The number of ether oxygens (including phenoxy) is 4. The van der Waals surface area contributed by atoms with E-state index in [0.717, 1.165) is 107 Å². The van der Waals surface area contributed by atoms with Crippen molar-refractivity contribution in [3.8, 4) is 0 Å². The van der Waals surface area contributed by atoms with Crippen molar-refractivity contribution in [3.63, 3.8) is 0 Å². The molecule has 2 aliphatic heterocycles. The van der Waals surface area contributed by atoms with Crippen LogP contribution in [0.2, 0.25) is 0 Å². The van der Waals surface area contributed by atoms with E-state index in [1.807, 2.05) is 26.0 Å². The summed E-state index contributed by atoms with van der Waals surface area (Å²) in [5.74, 6) is 1.46. The van der Waals surface area contributed by atoms with Crippen LogP contribution in [0.25, 0.3) is 0 Å². The summed E-state index contributed by atoms with van der Waals surface area (Å²) in [6.45, 7) is 22.6. The molecule has 2 aliphatic carbocycles. The highest BCUT2D eigenvalue weighted by Crippen LogP contribution is 2.36. The quantitative estimate of drug-likeness (QED) is 0.0601. The Hall–Kier alpha value is -3.02. The van der Waals surface area contributed by atoms with Gasteiger partial charge in [0.25, 0.3) is 0 Å². The molecule has 338 valence electrons. The molecule has 0 aromatic heterocycles. The zero-order valence-corrected chi connectivity index (χ0v) is 38.5. The molecule has 2 N–H and O–H groups in total. The predicted molar refractivity (Wildman–Crippen MR) is 239 cm³/mol. The van der Waals surface area contributed by atoms with Crippen molar-refractivity contribution in [2.24, 2.45) is 21.8 Å². The fourth-order valence-electron chi connectivity index (χ4n) is 8.76. The lowest BCUT2D eigenvalue weighted by Crippen LogP contribution is -2.44. The van der Waals surface area contributed by atoms with Crippen LogP contribution in [0, 0.1) is 11.8 Å². The average Bonchev–Trinajstić information content (AvgIpc) is 4.12. The summed E-state index contributed by atoms with van der Waals surface area (Å²) in [6, 6.07) is 12.9. The molecule has 2 heterocycles. The maximum atomic E-state index is 13.2. The summed E-state index contributed by atoms with van der Waals surface area (Å²) in [5, 5.41) is 6.28. The molecule has 2 amide bonds. The number of aliphatic imine (C=N–C) groups is 2. The van der Waals surface area contributed by atoms with Crippen molar-refractivity contribution >= 4 is 18.2 Å². The van der Waals surface area contributed by atoms with E-state index in [9.17, 15) is 9.59 Å². The third kappa shape index (κ3) is 16.4. The lowest BCUT2D eigenvalue weighted by Gasteiger charge is -2.33. The van der Waals surface area contributed by atoms with Crippen molar-refractivity contribution < 1.29 is 28.5 Å². The molecule has 4 fully saturated rings. The molecule has 4 aliphatic rings. The molecule has 0 radical (unpaired) electrons. The first-order chi connectivity index (χ1) is 28.7. The number of rotatable bonds is 24. The van der Waals surface area contributed by atoms with Gasteiger partial charge in [-0.15, -0.1) is 0 Å². The van der Waals surface area contributed by atoms with Crippen LogP contribution < -0.4 is 10.6 Å². The first-order valence-corrected chi connectivity index (χ1v) is 23.6. The molecule has 2 saturated carbocycles. The van der Waals surface area contributed by atoms with Gasteiger partial charge in [0, 0.05) is 57.5 Å². The first-order valence-electron chi connectivity index (χ1n) is 23.6. The fourth-order valence-corrected chi connectivity index (χ4v) is 8.76. The van der Waals surface area contributed by atoms with Gasteiger partial charge in [-0.1, -0.05) is 51.0 Å². The van der Waals surface area contributed by atoms with Crippen LogP contribution in [-0.4, -0.2) is 117 Å². The Labute approximate surface area is 362 Å². The highest BCUT2D eigenvalue weighted by molar-refractivity contribution is 5.69. The third-order valence-corrected chi connectivity index (χ3v) is 13.2. The predicted octanol–water partition coefficient (Wildman–Crippen LogP) is 9.07. The summed E-state index contributed by atoms with van der Waals surface area (Å²) in [5.41, 5.74) is 0.811. The molecule has 60 heavy (non-hydrogen) atoms. The van der Waals surface area contributed by atoms with Gasteiger partial charge in [0.1, 0.15) is 12.2 Å². The third-order valence-electron chi connectivity index (χ3n) is 13.2. The van der Waals surface area contributed by atoms with E-state index in [1.54, 1.807) is 0 Å². The number of hydrogen-bond acceptors (Lipinski definition) is 10. The number of alkyl carbamates (subject to hydrolysis) is 2. The monoisotopic (exact) mass is 837 g/mol. The molecule has 1 aromatic carbocycles. The second-order valence-corrected chi connectivity index (χ2v) is 19.5. The number of carbonyl (C=O) groups is 2. The van der Waals surface area contributed by atoms with Crippen LogP contribution in [0.5, 0.6) is 0 Å². The molecule has 6 unspecified atom stereocenters. The van der Waals surface area contributed by atoms with E-state index in [1.165, 1.54) is 19.3 Å². The number of hydrogen-bond donors (Lipinski definition) is 2. The largest absolute Gasteiger partial charge is 0.442 e. The highest BCUT2D eigenvalue weighted by atomic mass is 16.6. The summed E-state index contributed by atoms with van der Waals surface area (Å²) < 4.78 is 23.4. The standard InChI is InChI=1S/C48H80N6O6/c1-9-11-24-57-32-43(30-53-28-35(53)3)59-45(55)51-42-22-18-38(19-23-42)26-37-16-20-41(21-17-37)49-34-50-47(5,6)39-14-13-15-40(27-39)48(7,8)52-46(56)60-44(31-54-29-36(54)4)33-58-25-12-10-2/h13-15,27,35-38,41-44H,9-12,16-26,28-33H2,1-8H3,(H,51,55)(H,52,56). The first kappa shape index (κ1) is 48.0. The molecule has 5 rings (SSSR count). The van der Waals surface area contributed by atoms with Gasteiger partial charge < -0.3 is 29.6 Å². The normalized spacial score (nSPS) is 27.5. The smallest absolute Gasteiger partial charge is 0.408 e. The van der Waals surface area contributed by atoms with Gasteiger partial charge in [-0.2, -0.15) is 0 Å². The average molecular weight is 837 g/mol. The fraction of sp³-hybridized carbons (Fsp3) is 0.812. The number of nitrogens with zero attached hydrogens (tertiary/aromatic N) is 4. The lowest BCUT2D eigenvalue weighted by atomic mass is 9.76. The molecular formula is C48H80N6O6. The molecular weight excluding hydrogens is 757 g/mol. The second-order valence-electron chi connectivity index (χ2n) is 19.5. The van der Waals surface area contributed by atoms with E-state index in [4.69, 9.17) is 28.9 Å². The Bertz CT molecular complexity index is 1530. The topological polar surface area (TPSA) is 126 Å². The van der Waals surface area contributed by atoms with Crippen LogP contribution in [0.1, 0.15) is 150 Å². The SMILES string of the molecule is CCCCOCC(CN1CC1C)OC(=O)NC1CCC(CC2CCC(N=C=NC(C)(C)c3cccc(C(C)(C)NC(=O)OC(COCCCC)CN4CC4C)c3)CC2)CC1. The molecule has 0 bridgehead atoms. The van der Waals surface area contributed by atoms with Gasteiger partial charge in [0.2, 0.25) is 0 Å². The van der Waals surface area contributed by atoms with E-state index in [0.29, 0.717) is 45.1 Å². The summed E-state index contributed by atoms with van der Waals surface area (Å²) in [4.78, 5) is 40.3. The van der Waals surface area contributed by atoms with Crippen molar-refractivity contribution in [3.05, 3.63) is 35.4 Å². The van der Waals surface area contributed by atoms with Gasteiger partial charge in [-0.3, -0.25) is 9.80 Å². The zero-order chi connectivity index (χ0) is 43.1. The highest BCUT2D eigenvalue weighted by Gasteiger charge is 2.35. The summed E-state index contributed by atoms with van der Waals surface area (Å²) >= 11 is 0. The van der Waals surface area contributed by atoms with Crippen LogP contribution in [0.15, 0.2) is 34.3 Å². The number of carbonyl (C=O) groups excluding carboxylic acids is 2. The van der Waals surface area contributed by atoms with Gasteiger partial charge in [-0.25, -0.2) is 19.6 Å². The Morgan fingerprint density at radius 1 is 0.783 bits per heavy atom. The molecule has 0 spiro atoms. The lowest BCUT2D eigenvalue weighted by molar-refractivity contribution is 0.00999. The molecule has 6 atom stereocenters. The number of unbranched alkanes of at least 4 members (excludes halogenated alkanes) is 2. The maximum absolute atomic E-state index is 13.2. The summed E-state index contributed by atoms with van der Waals surface area (Å²) in [6.07, 6.45) is 13.1. The minimum atomic E-state index is -0.662. The van der Waals surface area contributed by atoms with Crippen molar-refractivity contribution in [2.45, 2.75) is 186 Å². The van der Waals surface area contributed by atoms with E-state index >= 15 is 0 Å². The number of benzene rings is 1. The number of amides is 2. The van der Waals surface area contributed by atoms with E-state index in [-0.39, 0.29) is 30.4 Å². The molecule has 1 aromatic rings. The van der Waals surface area contributed by atoms with Crippen LogP contribution >= 0.6 is 0 Å². The minimum Gasteiger partial charge on any atom is -0.442 e. The van der Waals surface area contributed by atoms with Crippen LogP contribution in [-0.2, 0) is 30.0 Å². The Morgan fingerprint density at radius 2 is 1.30 bits per heavy atom. The van der Waals surface area contributed by atoms with Gasteiger partial charge in [0.15, 0.2) is 0 Å². The molecule has 2 saturated heterocycles. The second kappa shape index (κ2) is 23.4. The van der Waals surface area contributed by atoms with Gasteiger partial charge >= 0.3 is 12.2 Å². The molecule has 12 heteroatoms. The van der Waals surface area contributed by atoms with Gasteiger partial charge in [0.05, 0.1) is 36.3 Å². The van der Waals surface area contributed by atoms with Crippen molar-refractivity contribution in [1.82, 2.24) is 20.4 Å². The van der Waals surface area contributed by atoms with Crippen LogP contribution in [0.3, 0.4) is 0 Å². The molecule has 12 nitrogen and oxygen atoms in total. The van der Waals surface area contributed by atoms with Crippen molar-refractivity contribution in [1.29, 1.82) is 0 Å².